The third-order valence-electron chi connectivity index (χ3n) is 6.15. The minimum Gasteiger partial charge on any atom is -0.381 e. The maximum Gasteiger partial charge on any atom is 0.253 e. The van der Waals surface area contributed by atoms with Gasteiger partial charge in [-0.25, -0.2) is 0 Å². The second-order valence-electron chi connectivity index (χ2n) is 8.45. The van der Waals surface area contributed by atoms with Crippen LogP contribution in [0.25, 0.3) is 10.9 Å². The fourth-order valence-corrected chi connectivity index (χ4v) is 4.07. The van der Waals surface area contributed by atoms with Gasteiger partial charge in [-0.1, -0.05) is 26.8 Å². The molecule has 2 aromatic carbocycles. The Hall–Kier alpha value is -2.79. The summed E-state index contributed by atoms with van der Waals surface area (Å²) in [4.78, 5) is 20.4. The van der Waals surface area contributed by atoms with Crippen LogP contribution in [0.15, 0.2) is 53.3 Å². The topological polar surface area (TPSA) is 51.4 Å². The number of benzene rings is 2. The molecule has 0 unspecified atom stereocenters. The lowest BCUT2D eigenvalue weighted by Gasteiger charge is -2.35. The van der Waals surface area contributed by atoms with Gasteiger partial charge in [0, 0.05) is 55.2 Å². The van der Waals surface area contributed by atoms with Crippen LogP contribution >= 0.6 is 0 Å². The average Bonchev–Trinajstić information content (AvgIpc) is 2.77. The summed E-state index contributed by atoms with van der Waals surface area (Å²) in [7, 11) is 0. The third-order valence-corrected chi connectivity index (χ3v) is 6.15. The van der Waals surface area contributed by atoms with E-state index in [-0.39, 0.29) is 5.56 Å². The Labute approximate surface area is 178 Å². The lowest BCUT2D eigenvalue weighted by Crippen LogP contribution is -2.46. The molecule has 2 heterocycles. The summed E-state index contributed by atoms with van der Waals surface area (Å²) in [5.74, 6) is 0.464. The maximum absolute atomic E-state index is 12.5. The Kier molecular flexibility index (Phi) is 6.09. The van der Waals surface area contributed by atoms with E-state index in [1.54, 1.807) is 0 Å². The summed E-state index contributed by atoms with van der Waals surface area (Å²) in [5.41, 5.74) is 5.19. The van der Waals surface area contributed by atoms with Crippen molar-refractivity contribution in [3.63, 3.8) is 0 Å². The molecule has 158 valence electrons. The largest absolute Gasteiger partial charge is 0.381 e. The van der Waals surface area contributed by atoms with E-state index in [2.05, 4.69) is 77.3 Å². The first-order valence-corrected chi connectivity index (χ1v) is 11.0. The number of H-pyrrole nitrogens is 1. The van der Waals surface area contributed by atoms with E-state index < -0.39 is 0 Å². The van der Waals surface area contributed by atoms with Crippen molar-refractivity contribution in [3.05, 3.63) is 70.0 Å². The molecule has 0 spiro atoms. The van der Waals surface area contributed by atoms with Crippen LogP contribution in [-0.2, 0) is 6.54 Å². The number of aromatic nitrogens is 1. The monoisotopic (exact) mass is 404 g/mol. The van der Waals surface area contributed by atoms with Crippen LogP contribution in [0.1, 0.15) is 37.8 Å². The Balaban J connectivity index is 1.43. The number of anilines is 2. The minimum absolute atomic E-state index is 0.0299. The van der Waals surface area contributed by atoms with Crippen LogP contribution in [0.4, 0.5) is 11.4 Å². The highest BCUT2D eigenvalue weighted by Crippen LogP contribution is 2.22. The number of aromatic amines is 1. The van der Waals surface area contributed by atoms with Gasteiger partial charge in [-0.05, 0) is 65.9 Å². The molecule has 5 heteroatoms. The molecule has 5 nitrogen and oxygen atoms in total. The highest BCUT2D eigenvalue weighted by atomic mass is 16.1. The predicted molar refractivity (Wildman–Crippen MR) is 127 cm³/mol. The lowest BCUT2D eigenvalue weighted by atomic mass is 10.0. The van der Waals surface area contributed by atoms with Crippen molar-refractivity contribution in [1.29, 1.82) is 0 Å². The van der Waals surface area contributed by atoms with Crippen LogP contribution in [0.2, 0.25) is 0 Å². The predicted octanol–water partition coefficient (Wildman–Crippen LogP) is 4.41. The second kappa shape index (κ2) is 8.92. The van der Waals surface area contributed by atoms with Gasteiger partial charge in [-0.2, -0.15) is 0 Å². The van der Waals surface area contributed by atoms with Crippen LogP contribution < -0.4 is 15.8 Å². The third kappa shape index (κ3) is 4.51. The van der Waals surface area contributed by atoms with Gasteiger partial charge in [0.1, 0.15) is 0 Å². The molecule has 4 rings (SSSR count). The van der Waals surface area contributed by atoms with Gasteiger partial charge in [0.2, 0.25) is 0 Å². The first-order chi connectivity index (χ1) is 14.5. The Bertz CT molecular complexity index is 1050. The van der Waals surface area contributed by atoms with E-state index in [0.29, 0.717) is 12.5 Å². The normalized spacial score (nSPS) is 15.1. The number of likely N-dealkylation sites (N-methyl/N-ethyl adjacent to an activating group) is 1. The van der Waals surface area contributed by atoms with Crippen molar-refractivity contribution in [2.24, 2.45) is 0 Å². The number of rotatable bonds is 6. The number of nitrogens with zero attached hydrogens (tertiary/aromatic N) is 2. The Morgan fingerprint density at radius 2 is 1.73 bits per heavy atom. The number of pyridine rings is 1. The number of fused-ring (bicyclic) bond motifs is 1. The van der Waals surface area contributed by atoms with Crippen molar-refractivity contribution < 1.29 is 0 Å². The number of hydrogen-bond acceptors (Lipinski definition) is 4. The average molecular weight is 405 g/mol. The molecule has 0 amide bonds. The van der Waals surface area contributed by atoms with Gasteiger partial charge in [-0.3, -0.25) is 4.79 Å². The number of nitrogens with one attached hydrogen (secondary N) is 2. The fourth-order valence-electron chi connectivity index (χ4n) is 4.07. The van der Waals surface area contributed by atoms with Crippen LogP contribution in [-0.4, -0.2) is 42.6 Å². The van der Waals surface area contributed by atoms with Crippen LogP contribution in [0, 0.1) is 0 Å². The van der Waals surface area contributed by atoms with Gasteiger partial charge in [0.05, 0.1) is 0 Å². The van der Waals surface area contributed by atoms with Gasteiger partial charge < -0.3 is 20.1 Å². The summed E-state index contributed by atoms with van der Waals surface area (Å²) in [6.07, 6.45) is 0. The summed E-state index contributed by atoms with van der Waals surface area (Å²) >= 11 is 0. The van der Waals surface area contributed by atoms with E-state index in [1.807, 2.05) is 12.1 Å². The first-order valence-electron chi connectivity index (χ1n) is 11.0. The van der Waals surface area contributed by atoms with E-state index >= 15 is 0 Å². The molecular formula is C25H32N4O. The van der Waals surface area contributed by atoms with Gasteiger partial charge >= 0.3 is 0 Å². The molecule has 1 aliphatic rings. The highest BCUT2D eigenvalue weighted by Gasteiger charge is 2.15. The molecule has 1 aromatic heterocycles. The van der Waals surface area contributed by atoms with Crippen molar-refractivity contribution in [2.45, 2.75) is 33.2 Å². The van der Waals surface area contributed by atoms with E-state index in [9.17, 15) is 4.79 Å². The zero-order valence-electron chi connectivity index (χ0n) is 18.2. The molecule has 0 bridgehead atoms. The lowest BCUT2D eigenvalue weighted by molar-refractivity contribution is 0.271. The molecule has 1 aliphatic heterocycles. The van der Waals surface area contributed by atoms with Gasteiger partial charge in [0.25, 0.3) is 5.56 Å². The SMILES string of the molecule is CCN1CCN(c2ccc(NCc3cc4cc(C(C)C)ccc4[nH]c3=O)cc2)CC1. The summed E-state index contributed by atoms with van der Waals surface area (Å²) in [6.45, 7) is 12.6. The molecule has 0 saturated carbocycles. The Morgan fingerprint density at radius 3 is 2.40 bits per heavy atom. The zero-order chi connectivity index (χ0) is 21.1. The van der Waals surface area contributed by atoms with Crippen LogP contribution in [0.5, 0.6) is 0 Å². The summed E-state index contributed by atoms with van der Waals surface area (Å²) in [6, 6.07) is 16.8. The highest BCUT2D eigenvalue weighted by molar-refractivity contribution is 5.80. The summed E-state index contributed by atoms with van der Waals surface area (Å²) in [5, 5.41) is 4.49. The number of hydrogen-bond donors (Lipinski definition) is 2. The van der Waals surface area contributed by atoms with E-state index in [0.717, 1.165) is 54.9 Å². The van der Waals surface area contributed by atoms with Crippen molar-refractivity contribution in [3.8, 4) is 0 Å². The molecule has 30 heavy (non-hydrogen) atoms. The maximum atomic E-state index is 12.5. The zero-order valence-corrected chi connectivity index (χ0v) is 18.2. The molecule has 0 aliphatic carbocycles. The van der Waals surface area contributed by atoms with E-state index in [4.69, 9.17) is 0 Å². The molecule has 0 atom stereocenters. The first kappa shape index (κ1) is 20.5. The van der Waals surface area contributed by atoms with E-state index in [1.165, 1.54) is 11.3 Å². The smallest absolute Gasteiger partial charge is 0.253 e. The fraction of sp³-hybridized carbons (Fsp3) is 0.400. The quantitative estimate of drug-likeness (QED) is 0.639. The number of piperazine rings is 1. The Morgan fingerprint density at radius 1 is 1.00 bits per heavy atom. The molecule has 0 radical (unpaired) electrons. The van der Waals surface area contributed by atoms with Crippen molar-refractivity contribution in [1.82, 2.24) is 9.88 Å². The summed E-state index contributed by atoms with van der Waals surface area (Å²) < 4.78 is 0. The molecule has 3 aromatic rings. The second-order valence-corrected chi connectivity index (χ2v) is 8.45. The molecule has 1 fully saturated rings. The molecule has 1 saturated heterocycles. The van der Waals surface area contributed by atoms with Gasteiger partial charge in [0.15, 0.2) is 0 Å². The minimum atomic E-state index is -0.0299. The van der Waals surface area contributed by atoms with Gasteiger partial charge in [-0.15, -0.1) is 0 Å². The molecular weight excluding hydrogens is 372 g/mol. The molecule has 2 N–H and O–H groups in total. The van der Waals surface area contributed by atoms with Crippen LogP contribution in [0.3, 0.4) is 0 Å². The van der Waals surface area contributed by atoms with Crippen molar-refractivity contribution in [2.75, 3.05) is 42.9 Å². The standard InChI is InChI=1S/C25H32N4O/c1-4-28-11-13-29(14-12-28)23-8-6-22(7-9-23)26-17-21-16-20-15-19(18(2)3)5-10-24(20)27-25(21)30/h5-10,15-16,18,26H,4,11-14,17H2,1-3H3,(H,27,30). The van der Waals surface area contributed by atoms with Crippen molar-refractivity contribution >= 4 is 22.3 Å².